The molecule has 0 unspecified atom stereocenters. The van der Waals surface area contributed by atoms with Gasteiger partial charge in [0.15, 0.2) is 6.79 Å². The van der Waals surface area contributed by atoms with Crippen molar-refractivity contribution in [2.75, 3.05) is 13.9 Å². The molecular formula is C13H12ClNO4. The van der Waals surface area contributed by atoms with Crippen LogP contribution < -0.4 is 0 Å². The summed E-state index contributed by atoms with van der Waals surface area (Å²) in [5.74, 6) is -0.188. The number of benzene rings is 1. The van der Waals surface area contributed by atoms with Gasteiger partial charge in [-0.25, -0.2) is 4.79 Å². The fourth-order valence-electron chi connectivity index (χ4n) is 1.63. The summed E-state index contributed by atoms with van der Waals surface area (Å²) in [5.41, 5.74) is 1.24. The molecule has 0 aliphatic carbocycles. The molecule has 100 valence electrons. The zero-order valence-electron chi connectivity index (χ0n) is 10.5. The molecule has 0 aliphatic rings. The molecule has 0 atom stereocenters. The summed E-state index contributed by atoms with van der Waals surface area (Å²) >= 11 is 6.09. The first-order valence-corrected chi connectivity index (χ1v) is 5.90. The Morgan fingerprint density at radius 3 is 2.84 bits per heavy atom. The second-order valence-corrected chi connectivity index (χ2v) is 4.19. The van der Waals surface area contributed by atoms with Crippen LogP contribution in [0, 0.1) is 6.92 Å². The largest absolute Gasteiger partial charge is 0.435 e. The molecule has 0 radical (unpaired) electrons. The Bertz CT molecular complexity index is 594. The second-order valence-electron chi connectivity index (χ2n) is 3.78. The lowest BCUT2D eigenvalue weighted by Crippen LogP contribution is -2.09. The van der Waals surface area contributed by atoms with Crippen LogP contribution in [0.4, 0.5) is 0 Å². The normalized spacial score (nSPS) is 10.5. The van der Waals surface area contributed by atoms with E-state index in [9.17, 15) is 4.79 Å². The van der Waals surface area contributed by atoms with E-state index in [1.807, 2.05) is 0 Å². The molecule has 2 aromatic rings. The number of hydrogen-bond donors (Lipinski definition) is 0. The number of methoxy groups -OCH3 is 1. The van der Waals surface area contributed by atoms with E-state index >= 15 is 0 Å². The number of hydrogen-bond acceptors (Lipinski definition) is 5. The third-order valence-electron chi connectivity index (χ3n) is 2.50. The maximum Gasteiger partial charge on any atom is 0.346 e. The SMILES string of the molecule is COCOC(=O)c1c(-c2ccccc2Cl)noc1C. The summed E-state index contributed by atoms with van der Waals surface area (Å²) in [5, 5.41) is 4.36. The molecule has 0 saturated carbocycles. The minimum Gasteiger partial charge on any atom is -0.435 e. The number of rotatable bonds is 4. The molecule has 0 N–H and O–H groups in total. The second kappa shape index (κ2) is 5.86. The quantitative estimate of drug-likeness (QED) is 0.637. The summed E-state index contributed by atoms with van der Waals surface area (Å²) < 4.78 is 14.7. The zero-order valence-corrected chi connectivity index (χ0v) is 11.2. The highest BCUT2D eigenvalue weighted by molar-refractivity contribution is 6.33. The minimum atomic E-state index is -0.560. The smallest absolute Gasteiger partial charge is 0.346 e. The van der Waals surface area contributed by atoms with Crippen molar-refractivity contribution in [2.45, 2.75) is 6.92 Å². The predicted molar refractivity (Wildman–Crippen MR) is 69.0 cm³/mol. The van der Waals surface area contributed by atoms with Crippen molar-refractivity contribution < 1.29 is 18.8 Å². The maximum atomic E-state index is 11.9. The molecule has 5 nitrogen and oxygen atoms in total. The Kier molecular flexibility index (Phi) is 4.19. The van der Waals surface area contributed by atoms with Gasteiger partial charge in [-0.05, 0) is 13.0 Å². The molecule has 1 aromatic carbocycles. The van der Waals surface area contributed by atoms with E-state index in [0.717, 1.165) is 0 Å². The molecule has 19 heavy (non-hydrogen) atoms. The van der Waals surface area contributed by atoms with E-state index in [0.29, 0.717) is 22.0 Å². The van der Waals surface area contributed by atoms with Gasteiger partial charge >= 0.3 is 5.97 Å². The lowest BCUT2D eigenvalue weighted by molar-refractivity contribution is -0.0125. The van der Waals surface area contributed by atoms with Crippen molar-refractivity contribution in [3.63, 3.8) is 0 Å². The third-order valence-corrected chi connectivity index (χ3v) is 2.83. The Balaban J connectivity index is 2.43. The molecule has 0 aliphatic heterocycles. The van der Waals surface area contributed by atoms with Gasteiger partial charge in [-0.3, -0.25) is 0 Å². The zero-order chi connectivity index (χ0) is 13.8. The van der Waals surface area contributed by atoms with Crippen molar-refractivity contribution in [3.8, 4) is 11.3 Å². The average molecular weight is 282 g/mol. The number of halogens is 1. The van der Waals surface area contributed by atoms with Gasteiger partial charge in [0, 0.05) is 12.7 Å². The molecular weight excluding hydrogens is 270 g/mol. The van der Waals surface area contributed by atoms with E-state index in [2.05, 4.69) is 5.16 Å². The molecule has 1 heterocycles. The highest BCUT2D eigenvalue weighted by atomic mass is 35.5. The summed E-state index contributed by atoms with van der Waals surface area (Å²) in [6.07, 6.45) is 0. The molecule has 6 heteroatoms. The number of carbonyl (C=O) groups is 1. The number of aryl methyl sites for hydroxylation is 1. The number of carbonyl (C=O) groups excluding carboxylic acids is 1. The van der Waals surface area contributed by atoms with Gasteiger partial charge in [0.1, 0.15) is 17.0 Å². The first kappa shape index (κ1) is 13.6. The molecule has 0 bridgehead atoms. The van der Waals surface area contributed by atoms with Crippen molar-refractivity contribution in [1.29, 1.82) is 0 Å². The van der Waals surface area contributed by atoms with Crippen molar-refractivity contribution in [2.24, 2.45) is 0 Å². The number of ether oxygens (including phenoxy) is 2. The van der Waals surface area contributed by atoms with Crippen LogP contribution in [0.15, 0.2) is 28.8 Å². The fourth-order valence-corrected chi connectivity index (χ4v) is 1.86. The maximum absolute atomic E-state index is 11.9. The van der Waals surface area contributed by atoms with Gasteiger partial charge in [-0.2, -0.15) is 0 Å². The minimum absolute atomic E-state index is 0.134. The van der Waals surface area contributed by atoms with E-state index in [1.54, 1.807) is 31.2 Å². The third kappa shape index (κ3) is 2.77. The standard InChI is InChI=1S/C13H12ClNO4/c1-8-11(13(16)18-7-17-2)12(15-19-8)9-5-3-4-6-10(9)14/h3-6H,7H2,1-2H3. The Morgan fingerprint density at radius 1 is 1.42 bits per heavy atom. The molecule has 0 amide bonds. The van der Waals surface area contributed by atoms with Gasteiger partial charge in [0.05, 0.1) is 5.02 Å². The number of nitrogens with zero attached hydrogens (tertiary/aromatic N) is 1. The highest BCUT2D eigenvalue weighted by Crippen LogP contribution is 2.31. The lowest BCUT2D eigenvalue weighted by Gasteiger charge is -2.04. The van der Waals surface area contributed by atoms with Gasteiger partial charge in [0.25, 0.3) is 0 Å². The van der Waals surface area contributed by atoms with Crippen LogP contribution in [0.5, 0.6) is 0 Å². The van der Waals surface area contributed by atoms with Gasteiger partial charge in [-0.1, -0.05) is 35.0 Å². The topological polar surface area (TPSA) is 61.6 Å². The van der Waals surface area contributed by atoms with E-state index in [-0.39, 0.29) is 12.4 Å². The van der Waals surface area contributed by atoms with Crippen LogP contribution in [0.25, 0.3) is 11.3 Å². The Morgan fingerprint density at radius 2 is 2.16 bits per heavy atom. The predicted octanol–water partition coefficient (Wildman–Crippen LogP) is 3.06. The molecule has 2 rings (SSSR count). The summed E-state index contributed by atoms with van der Waals surface area (Å²) in [7, 11) is 1.43. The van der Waals surface area contributed by atoms with E-state index in [1.165, 1.54) is 7.11 Å². The van der Waals surface area contributed by atoms with Crippen molar-refractivity contribution >= 4 is 17.6 Å². The van der Waals surface area contributed by atoms with E-state index < -0.39 is 5.97 Å². The molecule has 0 fully saturated rings. The molecule has 1 aromatic heterocycles. The van der Waals surface area contributed by atoms with Crippen LogP contribution in [0.2, 0.25) is 5.02 Å². The summed E-state index contributed by atoms with van der Waals surface area (Å²) in [6.45, 7) is 1.50. The molecule has 0 saturated heterocycles. The number of esters is 1. The Labute approximate surface area is 115 Å². The Hall–Kier alpha value is -1.85. The fraction of sp³-hybridized carbons (Fsp3) is 0.231. The van der Waals surface area contributed by atoms with Crippen LogP contribution in [-0.4, -0.2) is 25.0 Å². The monoisotopic (exact) mass is 281 g/mol. The van der Waals surface area contributed by atoms with Crippen LogP contribution in [-0.2, 0) is 9.47 Å². The first-order valence-electron chi connectivity index (χ1n) is 5.52. The van der Waals surface area contributed by atoms with Crippen LogP contribution in [0.3, 0.4) is 0 Å². The van der Waals surface area contributed by atoms with Crippen LogP contribution in [0.1, 0.15) is 16.1 Å². The lowest BCUT2D eigenvalue weighted by atomic mass is 10.1. The van der Waals surface area contributed by atoms with Crippen molar-refractivity contribution in [3.05, 3.63) is 40.6 Å². The average Bonchev–Trinajstić information content (AvgIpc) is 2.78. The summed E-state index contributed by atoms with van der Waals surface area (Å²) in [6, 6.07) is 7.06. The van der Waals surface area contributed by atoms with Gasteiger partial charge in [0.2, 0.25) is 0 Å². The van der Waals surface area contributed by atoms with E-state index in [4.69, 9.17) is 25.6 Å². The molecule has 0 spiro atoms. The van der Waals surface area contributed by atoms with Gasteiger partial charge < -0.3 is 14.0 Å². The van der Waals surface area contributed by atoms with Gasteiger partial charge in [-0.15, -0.1) is 0 Å². The van der Waals surface area contributed by atoms with Crippen LogP contribution >= 0.6 is 11.6 Å². The number of aromatic nitrogens is 1. The highest BCUT2D eigenvalue weighted by Gasteiger charge is 2.24. The van der Waals surface area contributed by atoms with Crippen molar-refractivity contribution in [1.82, 2.24) is 5.16 Å². The first-order chi connectivity index (χ1) is 9.15. The summed E-state index contributed by atoms with van der Waals surface area (Å²) in [4.78, 5) is 11.9.